The summed E-state index contributed by atoms with van der Waals surface area (Å²) in [6.45, 7) is 7.68. The number of nitrogens with zero attached hydrogens (tertiary/aromatic N) is 1. The minimum Gasteiger partial charge on any atom is -0.457 e. The molecule has 2 aromatic carbocycles. The van der Waals surface area contributed by atoms with Gasteiger partial charge in [-0.05, 0) is 57.5 Å². The second-order valence-electron chi connectivity index (χ2n) is 7.10. The van der Waals surface area contributed by atoms with E-state index >= 15 is 0 Å². The molecular weight excluding hydrogens is 382 g/mol. The van der Waals surface area contributed by atoms with Gasteiger partial charge in [0, 0.05) is 27.5 Å². The van der Waals surface area contributed by atoms with Gasteiger partial charge in [0.05, 0.1) is 5.75 Å². The number of rotatable bonds is 7. The molecule has 0 saturated carbocycles. The lowest BCUT2D eigenvalue weighted by molar-refractivity contribution is -0.139. The van der Waals surface area contributed by atoms with Crippen LogP contribution in [0.4, 0.5) is 0 Å². The van der Waals surface area contributed by atoms with Gasteiger partial charge in [-0.25, -0.2) is 0 Å². The molecule has 0 spiro atoms. The van der Waals surface area contributed by atoms with Gasteiger partial charge in [0.2, 0.25) is 5.78 Å². The maximum absolute atomic E-state index is 12.6. The number of aromatic nitrogens is 1. The fraction of sp³-hybridized carbons (Fsp3) is 0.250. The number of hydrogen-bond donors (Lipinski definition) is 0. The zero-order chi connectivity index (χ0) is 21.0. The predicted octanol–water partition coefficient (Wildman–Crippen LogP) is 5.23. The quantitative estimate of drug-likeness (QED) is 0.306. The average molecular weight is 408 g/mol. The molecule has 4 nitrogen and oxygen atoms in total. The second-order valence-corrected chi connectivity index (χ2v) is 8.11. The van der Waals surface area contributed by atoms with Crippen LogP contribution in [0.15, 0.2) is 59.5 Å². The molecule has 0 fully saturated rings. The molecule has 3 rings (SSSR count). The van der Waals surface area contributed by atoms with Crippen molar-refractivity contribution < 1.29 is 14.3 Å². The highest BCUT2D eigenvalue weighted by Gasteiger charge is 2.18. The molecule has 0 aliphatic rings. The van der Waals surface area contributed by atoms with Gasteiger partial charge < -0.3 is 9.30 Å². The van der Waals surface area contributed by atoms with Crippen LogP contribution in [-0.4, -0.2) is 28.7 Å². The third-order valence-corrected chi connectivity index (χ3v) is 5.94. The Kier molecular flexibility index (Phi) is 6.60. The first-order valence-corrected chi connectivity index (χ1v) is 10.5. The highest BCUT2D eigenvalue weighted by Crippen LogP contribution is 2.24. The SMILES string of the molecule is Cc1ccc(SCC(=O)OCC(=O)c2cc(C)n(-c3ccccc3)c2C)c(C)c1. The van der Waals surface area contributed by atoms with Crippen molar-refractivity contribution in [3.63, 3.8) is 0 Å². The molecule has 29 heavy (non-hydrogen) atoms. The van der Waals surface area contributed by atoms with Crippen LogP contribution in [-0.2, 0) is 9.53 Å². The van der Waals surface area contributed by atoms with Gasteiger partial charge >= 0.3 is 5.97 Å². The molecule has 0 aliphatic carbocycles. The fourth-order valence-electron chi connectivity index (χ4n) is 3.38. The Balaban J connectivity index is 1.60. The first-order valence-electron chi connectivity index (χ1n) is 9.50. The molecule has 1 aromatic heterocycles. The number of Topliss-reactive ketones (excluding diaryl/α,β-unsaturated/α-hetero) is 1. The molecule has 150 valence electrons. The molecule has 0 amide bonds. The molecule has 0 saturated heterocycles. The summed E-state index contributed by atoms with van der Waals surface area (Å²) < 4.78 is 7.27. The second kappa shape index (κ2) is 9.14. The first-order chi connectivity index (χ1) is 13.9. The zero-order valence-electron chi connectivity index (χ0n) is 17.2. The molecule has 5 heteroatoms. The van der Waals surface area contributed by atoms with Gasteiger partial charge in [-0.1, -0.05) is 35.9 Å². The smallest absolute Gasteiger partial charge is 0.316 e. The van der Waals surface area contributed by atoms with E-state index in [4.69, 9.17) is 4.74 Å². The monoisotopic (exact) mass is 407 g/mol. The van der Waals surface area contributed by atoms with Gasteiger partial charge in [0.25, 0.3) is 0 Å². The Morgan fingerprint density at radius 3 is 2.38 bits per heavy atom. The Morgan fingerprint density at radius 1 is 0.966 bits per heavy atom. The highest BCUT2D eigenvalue weighted by atomic mass is 32.2. The Labute approximate surface area is 175 Å². The van der Waals surface area contributed by atoms with Crippen molar-refractivity contribution in [3.05, 3.63) is 82.7 Å². The van der Waals surface area contributed by atoms with Crippen LogP contribution in [0.2, 0.25) is 0 Å². The minimum absolute atomic E-state index is 0.181. The van der Waals surface area contributed by atoms with Crippen LogP contribution >= 0.6 is 11.8 Å². The van der Waals surface area contributed by atoms with Crippen LogP contribution in [0.25, 0.3) is 5.69 Å². The average Bonchev–Trinajstić information content (AvgIpc) is 3.00. The number of aryl methyl sites for hydroxylation is 3. The van der Waals surface area contributed by atoms with Crippen LogP contribution in [0.3, 0.4) is 0 Å². The number of hydrogen-bond acceptors (Lipinski definition) is 4. The van der Waals surface area contributed by atoms with E-state index in [2.05, 4.69) is 6.07 Å². The maximum atomic E-state index is 12.6. The van der Waals surface area contributed by atoms with Gasteiger partial charge in [0.15, 0.2) is 6.61 Å². The predicted molar refractivity (Wildman–Crippen MR) is 117 cm³/mol. The van der Waals surface area contributed by atoms with E-state index in [-0.39, 0.29) is 24.1 Å². The van der Waals surface area contributed by atoms with Crippen molar-refractivity contribution in [2.24, 2.45) is 0 Å². The zero-order valence-corrected chi connectivity index (χ0v) is 18.0. The van der Waals surface area contributed by atoms with Gasteiger partial charge in [-0.2, -0.15) is 0 Å². The van der Waals surface area contributed by atoms with Crippen molar-refractivity contribution in [3.8, 4) is 5.69 Å². The van der Waals surface area contributed by atoms with Gasteiger partial charge in [-0.3, -0.25) is 9.59 Å². The van der Waals surface area contributed by atoms with E-state index in [9.17, 15) is 9.59 Å². The van der Waals surface area contributed by atoms with E-state index in [0.29, 0.717) is 5.56 Å². The van der Waals surface area contributed by atoms with Crippen LogP contribution < -0.4 is 0 Å². The Bertz CT molecular complexity index is 1040. The fourth-order valence-corrected chi connectivity index (χ4v) is 4.19. The van der Waals surface area contributed by atoms with Crippen molar-refractivity contribution in [2.75, 3.05) is 12.4 Å². The molecule has 0 N–H and O–H groups in total. The molecule has 0 atom stereocenters. The maximum Gasteiger partial charge on any atom is 0.316 e. The van der Waals surface area contributed by atoms with Crippen LogP contribution in [0.1, 0.15) is 32.9 Å². The number of thioether (sulfide) groups is 1. The summed E-state index contributed by atoms with van der Waals surface area (Å²) in [5.41, 5.74) is 5.72. The van der Waals surface area contributed by atoms with Gasteiger partial charge in [0.1, 0.15) is 0 Å². The van der Waals surface area contributed by atoms with Crippen molar-refractivity contribution >= 4 is 23.5 Å². The largest absolute Gasteiger partial charge is 0.457 e. The Morgan fingerprint density at radius 2 is 1.69 bits per heavy atom. The molecule has 1 heterocycles. The molecule has 0 aliphatic heterocycles. The standard InChI is InChI=1S/C24H25NO3S/c1-16-10-11-23(17(2)12-16)29-15-24(27)28-14-22(26)21-13-18(3)25(19(21)4)20-8-6-5-7-9-20/h5-13H,14-15H2,1-4H3. The molecular formula is C24H25NO3S. The number of carbonyl (C=O) groups is 2. The van der Waals surface area contributed by atoms with Crippen molar-refractivity contribution in [2.45, 2.75) is 32.6 Å². The summed E-state index contributed by atoms with van der Waals surface area (Å²) in [7, 11) is 0. The van der Waals surface area contributed by atoms with Crippen molar-refractivity contribution in [1.82, 2.24) is 4.57 Å². The Hall–Kier alpha value is -2.79. The molecule has 0 unspecified atom stereocenters. The number of carbonyl (C=O) groups excluding carboxylic acids is 2. The number of para-hydroxylation sites is 1. The summed E-state index contributed by atoms with van der Waals surface area (Å²) in [6, 6.07) is 17.8. The summed E-state index contributed by atoms with van der Waals surface area (Å²) >= 11 is 1.43. The lowest BCUT2D eigenvalue weighted by Crippen LogP contribution is -2.16. The number of esters is 1. The van der Waals surface area contributed by atoms with E-state index in [1.807, 2.05) is 80.8 Å². The van der Waals surface area contributed by atoms with Crippen molar-refractivity contribution in [1.29, 1.82) is 0 Å². The van der Waals surface area contributed by atoms with Gasteiger partial charge in [-0.15, -0.1) is 11.8 Å². The number of ether oxygens (including phenoxy) is 1. The highest BCUT2D eigenvalue weighted by molar-refractivity contribution is 8.00. The lowest BCUT2D eigenvalue weighted by atomic mass is 10.1. The summed E-state index contributed by atoms with van der Waals surface area (Å²) in [4.78, 5) is 25.8. The van der Waals surface area contributed by atoms with E-state index in [1.165, 1.54) is 17.3 Å². The topological polar surface area (TPSA) is 48.3 Å². The number of benzene rings is 2. The first kappa shape index (κ1) is 20.9. The van der Waals surface area contributed by atoms with E-state index in [1.54, 1.807) is 0 Å². The summed E-state index contributed by atoms with van der Waals surface area (Å²) in [5, 5.41) is 0. The van der Waals surface area contributed by atoms with Crippen LogP contribution in [0, 0.1) is 27.7 Å². The third kappa shape index (κ3) is 4.98. The molecule has 0 radical (unpaired) electrons. The summed E-state index contributed by atoms with van der Waals surface area (Å²) in [6.07, 6.45) is 0. The van der Waals surface area contributed by atoms with E-state index < -0.39 is 0 Å². The minimum atomic E-state index is -0.389. The van der Waals surface area contributed by atoms with E-state index in [0.717, 1.165) is 27.5 Å². The third-order valence-electron chi connectivity index (χ3n) is 4.79. The molecule has 3 aromatic rings. The molecule has 0 bridgehead atoms. The lowest BCUT2D eigenvalue weighted by Gasteiger charge is -2.10. The van der Waals surface area contributed by atoms with Crippen LogP contribution in [0.5, 0.6) is 0 Å². The number of ketones is 1. The normalized spacial score (nSPS) is 10.8. The summed E-state index contributed by atoms with van der Waals surface area (Å²) in [5.74, 6) is -0.398.